The molecule has 0 radical (unpaired) electrons. The van der Waals surface area contributed by atoms with E-state index in [9.17, 15) is 22.4 Å². The van der Waals surface area contributed by atoms with E-state index in [0.29, 0.717) is 22.6 Å². The number of carbonyl (C=O) groups is 1. The molecule has 1 unspecified atom stereocenters. The van der Waals surface area contributed by atoms with Gasteiger partial charge in [-0.05, 0) is 52.6 Å². The number of rotatable bonds is 6. The van der Waals surface area contributed by atoms with E-state index in [2.05, 4.69) is 10.0 Å². The van der Waals surface area contributed by atoms with E-state index >= 15 is 0 Å². The van der Waals surface area contributed by atoms with E-state index < -0.39 is 33.3 Å². The summed E-state index contributed by atoms with van der Waals surface area (Å²) in [5, 5.41) is 5.11. The van der Waals surface area contributed by atoms with Gasteiger partial charge >= 0.3 is 0 Å². The van der Waals surface area contributed by atoms with Crippen LogP contribution in [0.2, 0.25) is 0 Å². The molecule has 7 nitrogen and oxygen atoms in total. The topological polar surface area (TPSA) is 97.3 Å². The average Bonchev–Trinajstić information content (AvgIpc) is 3.27. The predicted octanol–water partition coefficient (Wildman–Crippen LogP) is 4.70. The molecule has 0 bridgehead atoms. The molecule has 0 aliphatic carbocycles. The highest BCUT2D eigenvalue weighted by atomic mass is 32.2. The van der Waals surface area contributed by atoms with E-state index in [1.807, 2.05) is 42.5 Å². The molecule has 190 valence electrons. The van der Waals surface area contributed by atoms with Crippen molar-refractivity contribution in [2.75, 3.05) is 22.0 Å². The normalized spacial score (nSPS) is 14.9. The zero-order chi connectivity index (χ0) is 26.3. The third kappa shape index (κ3) is 5.26. The molecule has 2 heterocycles. The van der Waals surface area contributed by atoms with Gasteiger partial charge < -0.3 is 5.32 Å². The summed E-state index contributed by atoms with van der Waals surface area (Å²) in [5.74, 6) is -0.734. The van der Waals surface area contributed by atoms with Gasteiger partial charge in [-0.25, -0.2) is 12.8 Å². The highest BCUT2D eigenvalue weighted by Gasteiger charge is 2.34. The van der Waals surface area contributed by atoms with Crippen LogP contribution in [0.25, 0.3) is 10.8 Å². The summed E-state index contributed by atoms with van der Waals surface area (Å²) in [6.07, 6.45) is 1.37. The van der Waals surface area contributed by atoms with Gasteiger partial charge in [0.25, 0.3) is 5.56 Å². The van der Waals surface area contributed by atoms with E-state index in [4.69, 9.17) is 0 Å². The summed E-state index contributed by atoms with van der Waals surface area (Å²) in [6, 6.07) is 18.4. The van der Waals surface area contributed by atoms with Gasteiger partial charge in [-0.15, -0.1) is 11.8 Å². The van der Waals surface area contributed by atoms with Crippen molar-refractivity contribution in [3.8, 4) is 0 Å². The molecule has 37 heavy (non-hydrogen) atoms. The average molecular weight is 538 g/mol. The number of nitrogens with zero attached hydrogens (tertiary/aromatic N) is 1. The van der Waals surface area contributed by atoms with Crippen molar-refractivity contribution < 1.29 is 17.6 Å². The van der Waals surface area contributed by atoms with Crippen molar-refractivity contribution in [2.24, 2.45) is 0 Å². The number of pyridine rings is 1. The third-order valence-electron chi connectivity index (χ3n) is 6.14. The number of carbonyl (C=O) groups excluding carboxylic acids is 1. The molecule has 1 amide bonds. The Morgan fingerprint density at radius 1 is 1.08 bits per heavy atom. The van der Waals surface area contributed by atoms with Crippen molar-refractivity contribution in [1.82, 2.24) is 4.57 Å². The second-order valence-corrected chi connectivity index (χ2v) is 11.8. The molecule has 1 aromatic heterocycles. The number of hydrogen-bond acceptors (Lipinski definition) is 5. The Labute approximate surface area is 217 Å². The molecule has 0 fully saturated rings. The van der Waals surface area contributed by atoms with Gasteiger partial charge in [0.1, 0.15) is 16.9 Å². The number of aromatic nitrogens is 1. The minimum Gasteiger partial charge on any atom is -0.324 e. The lowest BCUT2D eigenvalue weighted by molar-refractivity contribution is -0.118. The van der Waals surface area contributed by atoms with Crippen LogP contribution < -0.4 is 15.6 Å². The van der Waals surface area contributed by atoms with Gasteiger partial charge in [0.05, 0.1) is 11.9 Å². The van der Waals surface area contributed by atoms with E-state index in [-0.39, 0.29) is 17.1 Å². The van der Waals surface area contributed by atoms with E-state index in [1.54, 1.807) is 13.0 Å². The van der Waals surface area contributed by atoms with Crippen LogP contribution in [0, 0.1) is 12.7 Å². The summed E-state index contributed by atoms with van der Waals surface area (Å²) in [5.41, 5.74) is 2.27. The first-order chi connectivity index (χ1) is 17.6. The number of halogens is 1. The maximum atomic E-state index is 13.8. The van der Waals surface area contributed by atoms with Gasteiger partial charge in [-0.2, -0.15) is 0 Å². The number of fused-ring (bicyclic) bond motifs is 2. The molecule has 0 spiro atoms. The Kier molecular flexibility index (Phi) is 6.55. The smallest absolute Gasteiger partial charge is 0.252 e. The molecule has 5 rings (SSSR count). The first-order valence-electron chi connectivity index (χ1n) is 11.5. The van der Waals surface area contributed by atoms with Crippen molar-refractivity contribution in [1.29, 1.82) is 0 Å². The molecule has 1 aliphatic heterocycles. The Morgan fingerprint density at radius 3 is 2.59 bits per heavy atom. The second-order valence-electron chi connectivity index (χ2n) is 9.08. The van der Waals surface area contributed by atoms with Crippen molar-refractivity contribution in [3.63, 3.8) is 0 Å². The van der Waals surface area contributed by atoms with Crippen LogP contribution >= 0.6 is 11.8 Å². The Morgan fingerprint density at radius 2 is 1.84 bits per heavy atom. The van der Waals surface area contributed by atoms with Crippen LogP contribution in [-0.2, 0) is 21.2 Å². The fraction of sp³-hybridized carbons (Fsp3) is 0.185. The molecular weight excluding hydrogens is 513 g/mol. The molecule has 2 N–H and O–H groups in total. The summed E-state index contributed by atoms with van der Waals surface area (Å²) in [6.45, 7) is 1.71. The van der Waals surface area contributed by atoms with Gasteiger partial charge in [-0.3, -0.25) is 18.9 Å². The summed E-state index contributed by atoms with van der Waals surface area (Å²) in [7, 11) is -3.69. The zero-order valence-corrected chi connectivity index (χ0v) is 21.8. The van der Waals surface area contributed by atoms with Crippen LogP contribution in [0.1, 0.15) is 22.7 Å². The minimum atomic E-state index is -3.69. The fourth-order valence-corrected chi connectivity index (χ4v) is 6.59. The number of hydrogen-bond donors (Lipinski definition) is 2. The molecule has 3 aromatic carbocycles. The number of benzene rings is 3. The van der Waals surface area contributed by atoms with Crippen LogP contribution in [0.15, 0.2) is 76.6 Å². The number of anilines is 2. The Hall–Kier alpha value is -3.63. The number of nitrogens with one attached hydrogen (secondary N) is 2. The van der Waals surface area contributed by atoms with Gasteiger partial charge in [0.2, 0.25) is 15.9 Å². The molecule has 10 heteroatoms. The number of aryl methyl sites for hydroxylation is 1. The van der Waals surface area contributed by atoms with Gasteiger partial charge in [0.15, 0.2) is 0 Å². The van der Waals surface area contributed by atoms with Crippen LogP contribution in [0.5, 0.6) is 0 Å². The zero-order valence-electron chi connectivity index (χ0n) is 20.1. The van der Waals surface area contributed by atoms with E-state index in [1.165, 1.54) is 34.5 Å². The van der Waals surface area contributed by atoms with Crippen LogP contribution in [0.4, 0.5) is 15.8 Å². The van der Waals surface area contributed by atoms with Crippen molar-refractivity contribution in [3.05, 3.63) is 99.6 Å². The maximum absolute atomic E-state index is 13.8. The van der Waals surface area contributed by atoms with Crippen LogP contribution in [0.3, 0.4) is 0 Å². The van der Waals surface area contributed by atoms with Crippen molar-refractivity contribution in [2.45, 2.75) is 24.4 Å². The Balaban J connectivity index is 1.56. The van der Waals surface area contributed by atoms with Crippen LogP contribution in [-0.4, -0.2) is 30.9 Å². The van der Waals surface area contributed by atoms with Gasteiger partial charge in [0, 0.05) is 23.9 Å². The molecule has 0 saturated heterocycles. The SMILES string of the molecule is Cc1cc(F)cc(NC(=O)C2CSc3c(NS(C)(=O)=O)c(Cc4cccc5ccccc45)cc(=O)n32)c1. The lowest BCUT2D eigenvalue weighted by Gasteiger charge is -2.19. The first kappa shape index (κ1) is 25.0. The second kappa shape index (κ2) is 9.68. The minimum absolute atomic E-state index is 0.228. The van der Waals surface area contributed by atoms with Crippen molar-refractivity contribution >= 4 is 49.8 Å². The van der Waals surface area contributed by atoms with E-state index in [0.717, 1.165) is 22.6 Å². The highest BCUT2D eigenvalue weighted by molar-refractivity contribution is 7.99. The lowest BCUT2D eigenvalue weighted by atomic mass is 9.98. The molecule has 1 aliphatic rings. The molecule has 1 atom stereocenters. The standard InChI is InChI=1S/C27H24FN3O4S2/c1-16-10-20(28)14-21(11-16)29-26(33)23-15-36-27-25(30-37(2,34)35)19(13-24(32)31(23)27)12-18-8-5-7-17-6-3-4-9-22(17)18/h3-11,13-14,23,30H,12,15H2,1-2H3,(H,29,33). The quantitative estimate of drug-likeness (QED) is 0.372. The summed E-state index contributed by atoms with van der Waals surface area (Å²) in [4.78, 5) is 26.4. The Bertz CT molecular complexity index is 1690. The third-order valence-corrected chi connectivity index (χ3v) is 7.87. The monoisotopic (exact) mass is 537 g/mol. The fourth-order valence-electron chi connectivity index (χ4n) is 4.63. The summed E-state index contributed by atoms with van der Waals surface area (Å²) >= 11 is 1.23. The number of sulfonamides is 1. The largest absolute Gasteiger partial charge is 0.324 e. The van der Waals surface area contributed by atoms with Gasteiger partial charge in [-0.1, -0.05) is 42.5 Å². The number of thioether (sulfide) groups is 1. The predicted molar refractivity (Wildman–Crippen MR) is 145 cm³/mol. The molecular formula is C27H24FN3O4S2. The maximum Gasteiger partial charge on any atom is 0.252 e. The molecule has 0 saturated carbocycles. The first-order valence-corrected chi connectivity index (χ1v) is 14.4. The summed E-state index contributed by atoms with van der Waals surface area (Å²) < 4.78 is 42.3. The highest BCUT2D eigenvalue weighted by Crippen LogP contribution is 2.40. The number of amides is 1. The lowest BCUT2D eigenvalue weighted by Crippen LogP contribution is -2.33. The molecule has 4 aromatic rings.